The van der Waals surface area contributed by atoms with E-state index >= 15 is 0 Å². The van der Waals surface area contributed by atoms with E-state index < -0.39 is 0 Å². The first-order chi connectivity index (χ1) is 6.80. The SMILES string of the molecule is CCc1cccc(C2(C#N)CCC2)c1. The summed E-state index contributed by atoms with van der Waals surface area (Å²) in [6.45, 7) is 2.15. The van der Waals surface area contributed by atoms with Gasteiger partial charge in [0.15, 0.2) is 0 Å². The molecule has 0 bridgehead atoms. The van der Waals surface area contributed by atoms with Crippen LogP contribution in [0.4, 0.5) is 0 Å². The standard InChI is InChI=1S/C13H15N/c1-2-11-5-3-6-12(9-11)13(10-14)7-4-8-13/h3,5-6,9H,2,4,7-8H2,1H3. The summed E-state index contributed by atoms with van der Waals surface area (Å²) in [7, 11) is 0. The van der Waals surface area contributed by atoms with Gasteiger partial charge in [-0.1, -0.05) is 31.2 Å². The molecule has 14 heavy (non-hydrogen) atoms. The Bertz CT molecular complexity index is 369. The number of aryl methyl sites for hydroxylation is 1. The van der Waals surface area contributed by atoms with Crippen molar-refractivity contribution in [2.45, 2.75) is 38.0 Å². The highest BCUT2D eigenvalue weighted by Crippen LogP contribution is 2.43. The van der Waals surface area contributed by atoms with E-state index in [0.717, 1.165) is 19.3 Å². The fourth-order valence-electron chi connectivity index (χ4n) is 2.08. The fourth-order valence-corrected chi connectivity index (χ4v) is 2.08. The number of hydrogen-bond acceptors (Lipinski definition) is 1. The molecule has 1 aliphatic carbocycles. The predicted octanol–water partition coefficient (Wildman–Crippen LogP) is 3.19. The topological polar surface area (TPSA) is 23.8 Å². The van der Waals surface area contributed by atoms with E-state index in [0.29, 0.717) is 0 Å². The van der Waals surface area contributed by atoms with Crippen LogP contribution in [0.3, 0.4) is 0 Å². The molecule has 0 radical (unpaired) electrons. The summed E-state index contributed by atoms with van der Waals surface area (Å²) in [5, 5.41) is 9.20. The van der Waals surface area contributed by atoms with Crippen LogP contribution in [0.2, 0.25) is 0 Å². The van der Waals surface area contributed by atoms with Gasteiger partial charge in [0.05, 0.1) is 11.5 Å². The molecular weight excluding hydrogens is 170 g/mol. The second-order valence-corrected chi connectivity index (χ2v) is 4.10. The number of nitriles is 1. The van der Waals surface area contributed by atoms with Crippen LogP contribution in [0.5, 0.6) is 0 Å². The Morgan fingerprint density at radius 1 is 1.43 bits per heavy atom. The van der Waals surface area contributed by atoms with Gasteiger partial charge in [0, 0.05) is 0 Å². The third kappa shape index (κ3) is 1.32. The molecule has 1 nitrogen and oxygen atoms in total. The van der Waals surface area contributed by atoms with Gasteiger partial charge in [0.2, 0.25) is 0 Å². The lowest BCUT2D eigenvalue weighted by molar-refractivity contribution is 0.324. The molecule has 1 heteroatoms. The van der Waals surface area contributed by atoms with Crippen LogP contribution in [0.1, 0.15) is 37.3 Å². The average Bonchev–Trinajstić information content (AvgIpc) is 2.18. The Labute approximate surface area is 85.4 Å². The van der Waals surface area contributed by atoms with Gasteiger partial charge in [-0.3, -0.25) is 0 Å². The second kappa shape index (κ2) is 3.46. The Balaban J connectivity index is 2.36. The third-order valence-electron chi connectivity index (χ3n) is 3.31. The zero-order chi connectivity index (χ0) is 10.0. The highest BCUT2D eigenvalue weighted by atomic mass is 14.4. The second-order valence-electron chi connectivity index (χ2n) is 4.10. The molecule has 1 saturated carbocycles. The summed E-state index contributed by atoms with van der Waals surface area (Å²) in [6, 6.07) is 11.0. The lowest BCUT2D eigenvalue weighted by atomic mass is 9.65. The van der Waals surface area contributed by atoms with Crippen molar-refractivity contribution >= 4 is 0 Å². The minimum absolute atomic E-state index is 0.148. The lowest BCUT2D eigenvalue weighted by Crippen LogP contribution is -2.32. The Hall–Kier alpha value is -1.29. The van der Waals surface area contributed by atoms with Crippen molar-refractivity contribution in [2.24, 2.45) is 0 Å². The minimum Gasteiger partial charge on any atom is -0.197 e. The van der Waals surface area contributed by atoms with Gasteiger partial charge in [-0.15, -0.1) is 0 Å². The van der Waals surface area contributed by atoms with E-state index in [4.69, 9.17) is 0 Å². The summed E-state index contributed by atoms with van der Waals surface area (Å²) < 4.78 is 0. The van der Waals surface area contributed by atoms with Crippen molar-refractivity contribution in [2.75, 3.05) is 0 Å². The maximum absolute atomic E-state index is 9.20. The molecular formula is C13H15N. The number of benzene rings is 1. The van der Waals surface area contributed by atoms with E-state index in [2.05, 4.69) is 37.3 Å². The molecule has 1 aromatic rings. The molecule has 0 saturated heterocycles. The number of hydrogen-bond donors (Lipinski definition) is 0. The molecule has 0 aliphatic heterocycles. The number of rotatable bonds is 2. The summed E-state index contributed by atoms with van der Waals surface area (Å²) in [5.74, 6) is 0. The lowest BCUT2D eigenvalue weighted by Gasteiger charge is -2.35. The van der Waals surface area contributed by atoms with Crippen LogP contribution in [0.25, 0.3) is 0 Å². The monoisotopic (exact) mass is 185 g/mol. The van der Waals surface area contributed by atoms with Crippen molar-refractivity contribution < 1.29 is 0 Å². The Morgan fingerprint density at radius 2 is 2.21 bits per heavy atom. The van der Waals surface area contributed by atoms with Crippen LogP contribution in [-0.4, -0.2) is 0 Å². The number of nitrogens with zero attached hydrogens (tertiary/aromatic N) is 1. The maximum Gasteiger partial charge on any atom is 0.0822 e. The van der Waals surface area contributed by atoms with Crippen molar-refractivity contribution in [3.63, 3.8) is 0 Å². The molecule has 2 rings (SSSR count). The summed E-state index contributed by atoms with van der Waals surface area (Å²) in [4.78, 5) is 0. The molecule has 0 unspecified atom stereocenters. The summed E-state index contributed by atoms with van der Waals surface area (Å²) in [6.07, 6.45) is 4.33. The van der Waals surface area contributed by atoms with Gasteiger partial charge in [-0.25, -0.2) is 0 Å². The van der Waals surface area contributed by atoms with Crippen LogP contribution >= 0.6 is 0 Å². The third-order valence-corrected chi connectivity index (χ3v) is 3.31. The molecule has 1 fully saturated rings. The Morgan fingerprint density at radius 3 is 2.71 bits per heavy atom. The maximum atomic E-state index is 9.20. The smallest absolute Gasteiger partial charge is 0.0822 e. The zero-order valence-electron chi connectivity index (χ0n) is 8.59. The molecule has 0 N–H and O–H groups in total. The van der Waals surface area contributed by atoms with Crippen molar-refractivity contribution in [1.82, 2.24) is 0 Å². The van der Waals surface area contributed by atoms with Crippen molar-refractivity contribution in [3.05, 3.63) is 35.4 Å². The van der Waals surface area contributed by atoms with E-state index in [1.54, 1.807) is 0 Å². The van der Waals surface area contributed by atoms with E-state index in [9.17, 15) is 5.26 Å². The zero-order valence-corrected chi connectivity index (χ0v) is 8.59. The summed E-state index contributed by atoms with van der Waals surface area (Å²) >= 11 is 0. The van der Waals surface area contributed by atoms with Crippen LogP contribution < -0.4 is 0 Å². The molecule has 0 heterocycles. The molecule has 72 valence electrons. The first kappa shape index (κ1) is 9.27. The van der Waals surface area contributed by atoms with Crippen LogP contribution in [0.15, 0.2) is 24.3 Å². The van der Waals surface area contributed by atoms with E-state index in [1.807, 2.05) is 0 Å². The van der Waals surface area contributed by atoms with Gasteiger partial charge in [-0.2, -0.15) is 5.26 Å². The van der Waals surface area contributed by atoms with Gasteiger partial charge in [-0.05, 0) is 36.8 Å². The van der Waals surface area contributed by atoms with E-state index in [-0.39, 0.29) is 5.41 Å². The molecule has 0 atom stereocenters. The van der Waals surface area contributed by atoms with Gasteiger partial charge in [0.1, 0.15) is 0 Å². The normalized spacial score (nSPS) is 18.3. The molecule has 0 amide bonds. The first-order valence-corrected chi connectivity index (χ1v) is 5.31. The quantitative estimate of drug-likeness (QED) is 0.694. The highest BCUT2D eigenvalue weighted by molar-refractivity contribution is 5.37. The first-order valence-electron chi connectivity index (χ1n) is 5.31. The average molecular weight is 185 g/mol. The molecule has 0 spiro atoms. The molecule has 1 aliphatic rings. The molecule has 0 aromatic heterocycles. The molecule has 1 aromatic carbocycles. The van der Waals surface area contributed by atoms with E-state index in [1.165, 1.54) is 17.5 Å². The Kier molecular flexibility index (Phi) is 2.29. The van der Waals surface area contributed by atoms with Crippen molar-refractivity contribution in [1.29, 1.82) is 5.26 Å². The largest absolute Gasteiger partial charge is 0.197 e. The van der Waals surface area contributed by atoms with Crippen molar-refractivity contribution in [3.8, 4) is 6.07 Å². The van der Waals surface area contributed by atoms with Crippen LogP contribution in [0, 0.1) is 11.3 Å². The van der Waals surface area contributed by atoms with Gasteiger partial charge < -0.3 is 0 Å². The highest BCUT2D eigenvalue weighted by Gasteiger charge is 2.38. The van der Waals surface area contributed by atoms with Gasteiger partial charge >= 0.3 is 0 Å². The predicted molar refractivity (Wildman–Crippen MR) is 57.0 cm³/mol. The minimum atomic E-state index is -0.148. The summed E-state index contributed by atoms with van der Waals surface area (Å²) in [5.41, 5.74) is 2.42. The van der Waals surface area contributed by atoms with Gasteiger partial charge in [0.25, 0.3) is 0 Å². The fraction of sp³-hybridized carbons (Fsp3) is 0.462. The van der Waals surface area contributed by atoms with Crippen LogP contribution in [-0.2, 0) is 11.8 Å².